The molecule has 2 aromatic rings. The van der Waals surface area contributed by atoms with Crippen LogP contribution in [0.5, 0.6) is 5.75 Å². The molecule has 2 rings (SSSR count). The van der Waals surface area contributed by atoms with Crippen LogP contribution in [0.3, 0.4) is 0 Å². The monoisotopic (exact) mass is 289 g/mol. The zero-order valence-electron chi connectivity index (χ0n) is 11.2. The maximum atomic E-state index is 12.0. The highest BCUT2D eigenvalue weighted by molar-refractivity contribution is 6.31. The van der Waals surface area contributed by atoms with Gasteiger partial charge in [-0.05, 0) is 30.7 Å². The van der Waals surface area contributed by atoms with Crippen molar-refractivity contribution in [2.24, 2.45) is 0 Å². The highest BCUT2D eigenvalue weighted by atomic mass is 35.5. The minimum atomic E-state index is -0.556. The van der Waals surface area contributed by atoms with Gasteiger partial charge in [0.25, 0.3) is 5.91 Å². The van der Waals surface area contributed by atoms with Crippen molar-refractivity contribution in [3.05, 3.63) is 65.2 Å². The molecule has 0 bridgehead atoms. The van der Waals surface area contributed by atoms with Crippen LogP contribution in [0.4, 0.5) is 0 Å². The summed E-state index contributed by atoms with van der Waals surface area (Å²) >= 11 is 6.03. The number of hydrogen-bond acceptors (Lipinski definition) is 2. The molecule has 4 heteroatoms. The molecule has 0 aliphatic heterocycles. The molecule has 1 amide bonds. The Morgan fingerprint density at radius 1 is 1.15 bits per heavy atom. The van der Waals surface area contributed by atoms with Gasteiger partial charge in [-0.1, -0.05) is 48.0 Å². The second-order valence-corrected chi connectivity index (χ2v) is 4.79. The molecule has 0 aliphatic carbocycles. The van der Waals surface area contributed by atoms with Gasteiger partial charge < -0.3 is 10.1 Å². The molecule has 0 heterocycles. The third-order valence-electron chi connectivity index (χ3n) is 2.84. The Bertz CT molecular complexity index is 572. The number of nitrogens with one attached hydrogen (secondary N) is 1. The van der Waals surface area contributed by atoms with E-state index in [9.17, 15) is 4.79 Å². The molecule has 0 aliphatic rings. The van der Waals surface area contributed by atoms with E-state index in [1.54, 1.807) is 13.0 Å². The number of ether oxygens (including phenoxy) is 1. The van der Waals surface area contributed by atoms with Gasteiger partial charge in [0.15, 0.2) is 6.10 Å². The molecule has 0 fully saturated rings. The predicted octanol–water partition coefficient (Wildman–Crippen LogP) is 3.42. The minimum Gasteiger partial charge on any atom is -0.481 e. The number of rotatable bonds is 5. The van der Waals surface area contributed by atoms with Gasteiger partial charge >= 0.3 is 0 Å². The average molecular weight is 290 g/mol. The van der Waals surface area contributed by atoms with Crippen LogP contribution >= 0.6 is 11.6 Å². The van der Waals surface area contributed by atoms with Crippen molar-refractivity contribution in [2.45, 2.75) is 19.6 Å². The van der Waals surface area contributed by atoms with E-state index in [4.69, 9.17) is 16.3 Å². The van der Waals surface area contributed by atoms with E-state index >= 15 is 0 Å². The Hall–Kier alpha value is -2.00. The molecule has 0 aromatic heterocycles. The van der Waals surface area contributed by atoms with Gasteiger partial charge in [-0.2, -0.15) is 0 Å². The van der Waals surface area contributed by atoms with Crippen LogP contribution in [-0.4, -0.2) is 12.0 Å². The van der Waals surface area contributed by atoms with Crippen molar-refractivity contribution in [3.63, 3.8) is 0 Å². The normalized spacial score (nSPS) is 11.7. The van der Waals surface area contributed by atoms with Crippen LogP contribution in [0.15, 0.2) is 54.6 Å². The summed E-state index contributed by atoms with van der Waals surface area (Å²) in [4.78, 5) is 12.0. The Balaban J connectivity index is 1.87. The van der Waals surface area contributed by atoms with Crippen molar-refractivity contribution < 1.29 is 9.53 Å². The topological polar surface area (TPSA) is 38.3 Å². The van der Waals surface area contributed by atoms with E-state index in [-0.39, 0.29) is 5.91 Å². The summed E-state index contributed by atoms with van der Waals surface area (Å²) in [6.45, 7) is 2.11. The van der Waals surface area contributed by atoms with Crippen molar-refractivity contribution in [1.82, 2.24) is 5.32 Å². The lowest BCUT2D eigenvalue weighted by Crippen LogP contribution is -2.35. The Morgan fingerprint density at radius 2 is 1.80 bits per heavy atom. The smallest absolute Gasteiger partial charge is 0.261 e. The number of amides is 1. The van der Waals surface area contributed by atoms with Crippen LogP contribution in [0.1, 0.15) is 12.5 Å². The first-order valence-corrected chi connectivity index (χ1v) is 6.77. The molecule has 20 heavy (non-hydrogen) atoms. The Morgan fingerprint density at radius 3 is 2.50 bits per heavy atom. The van der Waals surface area contributed by atoms with Gasteiger partial charge in [0.1, 0.15) is 5.75 Å². The van der Waals surface area contributed by atoms with Gasteiger partial charge in [0.05, 0.1) is 0 Å². The molecule has 1 unspecified atom stereocenters. The second kappa shape index (κ2) is 6.96. The lowest BCUT2D eigenvalue weighted by atomic mass is 10.2. The fourth-order valence-corrected chi connectivity index (χ4v) is 1.93. The van der Waals surface area contributed by atoms with Crippen molar-refractivity contribution >= 4 is 17.5 Å². The number of para-hydroxylation sites is 1. The second-order valence-electron chi connectivity index (χ2n) is 4.38. The molecule has 0 spiro atoms. The third-order valence-corrected chi connectivity index (χ3v) is 3.20. The fourth-order valence-electron chi connectivity index (χ4n) is 1.72. The SMILES string of the molecule is CC(Oc1ccccc1)C(=O)NCc1ccccc1Cl. The van der Waals surface area contributed by atoms with Gasteiger partial charge in [-0.25, -0.2) is 0 Å². The summed E-state index contributed by atoms with van der Waals surface area (Å²) in [6.07, 6.45) is -0.556. The van der Waals surface area contributed by atoms with Crippen LogP contribution < -0.4 is 10.1 Å². The van der Waals surface area contributed by atoms with Crippen LogP contribution in [0, 0.1) is 0 Å². The predicted molar refractivity (Wildman–Crippen MR) is 79.8 cm³/mol. The van der Waals surface area contributed by atoms with Crippen molar-refractivity contribution in [1.29, 1.82) is 0 Å². The molecular weight excluding hydrogens is 274 g/mol. The number of halogens is 1. The lowest BCUT2D eigenvalue weighted by Gasteiger charge is -2.15. The van der Waals surface area contributed by atoms with Crippen molar-refractivity contribution in [3.8, 4) is 5.75 Å². The molecule has 2 aromatic carbocycles. The van der Waals surface area contributed by atoms with E-state index in [2.05, 4.69) is 5.32 Å². The van der Waals surface area contributed by atoms with E-state index in [0.717, 1.165) is 5.56 Å². The first-order chi connectivity index (χ1) is 9.66. The zero-order chi connectivity index (χ0) is 14.4. The Kier molecular flexibility index (Phi) is 5.02. The van der Waals surface area contributed by atoms with E-state index in [0.29, 0.717) is 17.3 Å². The summed E-state index contributed by atoms with van der Waals surface area (Å²) < 4.78 is 5.55. The summed E-state index contributed by atoms with van der Waals surface area (Å²) in [7, 11) is 0. The largest absolute Gasteiger partial charge is 0.481 e. The van der Waals surface area contributed by atoms with E-state index in [1.165, 1.54) is 0 Å². The molecule has 0 saturated heterocycles. The van der Waals surface area contributed by atoms with Crippen LogP contribution in [-0.2, 0) is 11.3 Å². The number of hydrogen-bond donors (Lipinski definition) is 1. The Labute approximate surface area is 123 Å². The molecular formula is C16H16ClNO2. The first-order valence-electron chi connectivity index (χ1n) is 6.39. The van der Waals surface area contributed by atoms with Gasteiger partial charge in [-0.15, -0.1) is 0 Å². The molecule has 104 valence electrons. The van der Waals surface area contributed by atoms with E-state index in [1.807, 2.05) is 48.5 Å². The quantitative estimate of drug-likeness (QED) is 0.916. The highest BCUT2D eigenvalue weighted by Gasteiger charge is 2.14. The van der Waals surface area contributed by atoms with E-state index < -0.39 is 6.10 Å². The van der Waals surface area contributed by atoms with Gasteiger partial charge in [0, 0.05) is 11.6 Å². The van der Waals surface area contributed by atoms with Crippen LogP contribution in [0.2, 0.25) is 5.02 Å². The maximum absolute atomic E-state index is 12.0. The fraction of sp³-hybridized carbons (Fsp3) is 0.188. The minimum absolute atomic E-state index is 0.172. The average Bonchev–Trinajstić information content (AvgIpc) is 2.47. The highest BCUT2D eigenvalue weighted by Crippen LogP contribution is 2.15. The third kappa shape index (κ3) is 4.00. The first kappa shape index (κ1) is 14.4. The summed E-state index contributed by atoms with van der Waals surface area (Å²) in [5.41, 5.74) is 0.884. The summed E-state index contributed by atoms with van der Waals surface area (Å²) in [6, 6.07) is 16.7. The zero-order valence-corrected chi connectivity index (χ0v) is 11.9. The van der Waals surface area contributed by atoms with Gasteiger partial charge in [-0.3, -0.25) is 4.79 Å². The summed E-state index contributed by atoms with van der Waals surface area (Å²) in [5.74, 6) is 0.502. The lowest BCUT2D eigenvalue weighted by molar-refractivity contribution is -0.127. The molecule has 3 nitrogen and oxygen atoms in total. The summed E-state index contributed by atoms with van der Waals surface area (Å²) in [5, 5.41) is 3.45. The molecule has 1 N–H and O–H groups in total. The van der Waals surface area contributed by atoms with Gasteiger partial charge in [0.2, 0.25) is 0 Å². The number of carbonyl (C=O) groups excluding carboxylic acids is 1. The molecule has 0 radical (unpaired) electrons. The van der Waals surface area contributed by atoms with Crippen LogP contribution in [0.25, 0.3) is 0 Å². The number of carbonyl (C=O) groups is 1. The molecule has 0 saturated carbocycles. The standard InChI is InChI=1S/C16H16ClNO2/c1-12(20-14-8-3-2-4-9-14)16(19)18-11-13-7-5-6-10-15(13)17/h2-10,12H,11H2,1H3,(H,18,19). The maximum Gasteiger partial charge on any atom is 0.261 e. The molecule has 1 atom stereocenters. The van der Waals surface area contributed by atoms with Crippen molar-refractivity contribution in [2.75, 3.05) is 0 Å². The number of benzene rings is 2.